The molecule has 0 amide bonds. The zero-order chi connectivity index (χ0) is 14.5. The summed E-state index contributed by atoms with van der Waals surface area (Å²) in [6.07, 6.45) is 3.29. The number of halogens is 1. The number of ether oxygens (including phenoxy) is 1. The van der Waals surface area contributed by atoms with Crippen LogP contribution in [0.25, 0.3) is 0 Å². The van der Waals surface area contributed by atoms with Crippen LogP contribution >= 0.6 is 0 Å². The first-order valence-corrected chi connectivity index (χ1v) is 6.27. The third kappa shape index (κ3) is 3.34. The molecule has 0 spiro atoms. The molecule has 0 fully saturated rings. The van der Waals surface area contributed by atoms with Crippen molar-refractivity contribution in [2.24, 2.45) is 7.05 Å². The van der Waals surface area contributed by atoms with Crippen LogP contribution in [0.3, 0.4) is 0 Å². The fraction of sp³-hybridized carbons (Fsp3) is 0.286. The van der Waals surface area contributed by atoms with Crippen LogP contribution in [0.2, 0.25) is 0 Å². The van der Waals surface area contributed by atoms with Gasteiger partial charge in [0.25, 0.3) is 0 Å². The van der Waals surface area contributed by atoms with Crippen LogP contribution in [0.5, 0.6) is 0 Å². The predicted octanol–water partition coefficient (Wildman–Crippen LogP) is 2.28. The molecule has 1 aromatic carbocycles. The normalized spacial score (nSPS) is 11.9. The van der Waals surface area contributed by atoms with E-state index in [0.29, 0.717) is 11.3 Å². The van der Waals surface area contributed by atoms with Crippen LogP contribution < -0.4 is 5.32 Å². The van der Waals surface area contributed by atoms with Crippen molar-refractivity contribution in [3.63, 3.8) is 0 Å². The topological polar surface area (TPSA) is 56.1 Å². The molecule has 0 bridgehead atoms. The summed E-state index contributed by atoms with van der Waals surface area (Å²) < 4.78 is 19.8. The number of nitrogens with zero attached hydrogens (tertiary/aromatic N) is 2. The smallest absolute Gasteiger partial charge is 0.333 e. The molecule has 1 atom stereocenters. The molecule has 106 valence electrons. The first kappa shape index (κ1) is 14.0. The molecule has 0 aliphatic rings. The molecule has 1 heterocycles. The number of aromatic nitrogens is 2. The number of carbonyl (C=O) groups is 1. The fourth-order valence-corrected chi connectivity index (χ4v) is 1.84. The summed E-state index contributed by atoms with van der Waals surface area (Å²) in [4.78, 5) is 12.0. The van der Waals surface area contributed by atoms with E-state index in [-0.39, 0.29) is 12.4 Å². The average molecular weight is 277 g/mol. The molecule has 6 heteroatoms. The van der Waals surface area contributed by atoms with Crippen molar-refractivity contribution >= 4 is 11.7 Å². The van der Waals surface area contributed by atoms with Gasteiger partial charge in [-0.3, -0.25) is 4.68 Å². The second-order valence-electron chi connectivity index (χ2n) is 4.29. The molecule has 2 rings (SSSR count). The number of nitrogens with one attached hydrogen (secondary N) is 1. The van der Waals surface area contributed by atoms with E-state index in [1.54, 1.807) is 43.2 Å². The Bertz CT molecular complexity index is 598. The van der Waals surface area contributed by atoms with Crippen LogP contribution in [0.15, 0.2) is 36.7 Å². The van der Waals surface area contributed by atoms with Crippen molar-refractivity contribution < 1.29 is 13.9 Å². The van der Waals surface area contributed by atoms with E-state index in [4.69, 9.17) is 4.74 Å². The van der Waals surface area contributed by atoms with Crippen LogP contribution in [0, 0.1) is 5.82 Å². The van der Waals surface area contributed by atoms with E-state index >= 15 is 0 Å². The summed E-state index contributed by atoms with van der Waals surface area (Å²) in [6.45, 7) is 2.01. The number of anilines is 1. The van der Waals surface area contributed by atoms with E-state index in [1.807, 2.05) is 0 Å². The van der Waals surface area contributed by atoms with Gasteiger partial charge in [0.05, 0.1) is 12.8 Å². The summed E-state index contributed by atoms with van der Waals surface area (Å²) in [5.74, 6) is -0.798. The number of hydrogen-bond donors (Lipinski definition) is 1. The Morgan fingerprint density at radius 2 is 2.35 bits per heavy atom. The lowest BCUT2D eigenvalue weighted by Crippen LogP contribution is -2.23. The standard InChI is InChI=1S/C14H16FN3O2/c1-3-20-14(19)13(10-8-16-18(2)9-10)17-12-6-4-5-11(15)7-12/h4-9,13,17H,3H2,1-2H3. The lowest BCUT2D eigenvalue weighted by Gasteiger charge is -2.17. The van der Waals surface area contributed by atoms with E-state index in [1.165, 1.54) is 12.1 Å². The molecule has 1 unspecified atom stereocenters. The van der Waals surface area contributed by atoms with Gasteiger partial charge in [-0.25, -0.2) is 9.18 Å². The molecule has 0 saturated carbocycles. The number of benzene rings is 1. The Hall–Kier alpha value is -2.37. The van der Waals surface area contributed by atoms with Gasteiger partial charge in [-0.1, -0.05) is 6.07 Å². The Labute approximate surface area is 116 Å². The Morgan fingerprint density at radius 3 is 2.95 bits per heavy atom. The van der Waals surface area contributed by atoms with E-state index in [9.17, 15) is 9.18 Å². The monoisotopic (exact) mass is 277 g/mol. The van der Waals surface area contributed by atoms with Crippen molar-refractivity contribution in [1.29, 1.82) is 0 Å². The van der Waals surface area contributed by atoms with Gasteiger partial charge in [0.2, 0.25) is 0 Å². The molecule has 20 heavy (non-hydrogen) atoms. The first-order valence-electron chi connectivity index (χ1n) is 6.27. The zero-order valence-electron chi connectivity index (χ0n) is 11.3. The van der Waals surface area contributed by atoms with Crippen LogP contribution in [0.4, 0.5) is 10.1 Å². The van der Waals surface area contributed by atoms with E-state index < -0.39 is 12.0 Å². The molecule has 1 N–H and O–H groups in total. The number of hydrogen-bond acceptors (Lipinski definition) is 4. The summed E-state index contributed by atoms with van der Waals surface area (Å²) in [5.41, 5.74) is 1.17. The highest BCUT2D eigenvalue weighted by molar-refractivity contribution is 5.80. The minimum absolute atomic E-state index is 0.278. The molecule has 1 aromatic heterocycles. The van der Waals surface area contributed by atoms with Crippen molar-refractivity contribution in [1.82, 2.24) is 9.78 Å². The van der Waals surface area contributed by atoms with Crippen molar-refractivity contribution in [2.75, 3.05) is 11.9 Å². The van der Waals surface area contributed by atoms with Crippen LogP contribution in [-0.2, 0) is 16.6 Å². The summed E-state index contributed by atoms with van der Waals surface area (Å²) in [6, 6.07) is 5.21. The van der Waals surface area contributed by atoms with Gasteiger partial charge in [-0.2, -0.15) is 5.10 Å². The summed E-state index contributed by atoms with van der Waals surface area (Å²) in [7, 11) is 1.76. The molecule has 0 saturated heterocycles. The Balaban J connectivity index is 2.25. The van der Waals surface area contributed by atoms with Crippen LogP contribution in [-0.4, -0.2) is 22.4 Å². The quantitative estimate of drug-likeness (QED) is 0.852. The number of aryl methyl sites for hydroxylation is 1. The number of rotatable bonds is 5. The molecule has 0 radical (unpaired) electrons. The lowest BCUT2D eigenvalue weighted by molar-refractivity contribution is -0.144. The van der Waals surface area contributed by atoms with Gasteiger partial charge in [-0.15, -0.1) is 0 Å². The van der Waals surface area contributed by atoms with Gasteiger partial charge >= 0.3 is 5.97 Å². The second-order valence-corrected chi connectivity index (χ2v) is 4.29. The van der Waals surface area contributed by atoms with Gasteiger partial charge < -0.3 is 10.1 Å². The summed E-state index contributed by atoms with van der Waals surface area (Å²) in [5, 5.41) is 7.00. The van der Waals surface area contributed by atoms with Gasteiger partial charge in [-0.05, 0) is 25.1 Å². The largest absolute Gasteiger partial charge is 0.464 e. The number of carbonyl (C=O) groups excluding carboxylic acids is 1. The molecule has 0 aliphatic carbocycles. The predicted molar refractivity (Wildman–Crippen MR) is 72.6 cm³/mol. The van der Waals surface area contributed by atoms with Crippen molar-refractivity contribution in [3.05, 3.63) is 48.0 Å². The van der Waals surface area contributed by atoms with Gasteiger partial charge in [0, 0.05) is 24.5 Å². The number of esters is 1. The fourth-order valence-electron chi connectivity index (χ4n) is 1.84. The maximum absolute atomic E-state index is 13.2. The third-order valence-corrected chi connectivity index (χ3v) is 2.72. The zero-order valence-corrected chi connectivity index (χ0v) is 11.3. The second kappa shape index (κ2) is 6.18. The third-order valence-electron chi connectivity index (χ3n) is 2.72. The average Bonchev–Trinajstić information content (AvgIpc) is 2.83. The maximum atomic E-state index is 13.2. The van der Waals surface area contributed by atoms with E-state index in [2.05, 4.69) is 10.4 Å². The van der Waals surface area contributed by atoms with E-state index in [0.717, 1.165) is 0 Å². The maximum Gasteiger partial charge on any atom is 0.333 e. The molecular formula is C14H16FN3O2. The van der Waals surface area contributed by atoms with Crippen molar-refractivity contribution in [2.45, 2.75) is 13.0 Å². The Kier molecular flexibility index (Phi) is 4.34. The highest BCUT2D eigenvalue weighted by Crippen LogP contribution is 2.21. The minimum Gasteiger partial charge on any atom is -0.464 e. The van der Waals surface area contributed by atoms with Crippen molar-refractivity contribution in [3.8, 4) is 0 Å². The van der Waals surface area contributed by atoms with Crippen LogP contribution in [0.1, 0.15) is 18.5 Å². The first-order chi connectivity index (χ1) is 9.60. The highest BCUT2D eigenvalue weighted by Gasteiger charge is 2.23. The molecule has 2 aromatic rings. The lowest BCUT2D eigenvalue weighted by atomic mass is 10.1. The van der Waals surface area contributed by atoms with Gasteiger partial charge in [0.15, 0.2) is 6.04 Å². The molecular weight excluding hydrogens is 261 g/mol. The highest BCUT2D eigenvalue weighted by atomic mass is 19.1. The molecule has 0 aliphatic heterocycles. The summed E-state index contributed by atoms with van der Waals surface area (Å²) >= 11 is 0. The Morgan fingerprint density at radius 1 is 1.55 bits per heavy atom. The molecule has 5 nitrogen and oxygen atoms in total. The van der Waals surface area contributed by atoms with Gasteiger partial charge in [0.1, 0.15) is 5.82 Å². The minimum atomic E-state index is -0.717. The SMILES string of the molecule is CCOC(=O)C(Nc1cccc(F)c1)c1cnn(C)c1.